The van der Waals surface area contributed by atoms with Gasteiger partial charge in [-0.25, -0.2) is 14.4 Å². The van der Waals surface area contributed by atoms with Crippen LogP contribution in [0.3, 0.4) is 0 Å². The number of hydrogen-bond acceptors (Lipinski definition) is 6. The molecule has 0 spiro atoms. The number of anilines is 2. The molecule has 9 heteroatoms. The smallest absolute Gasteiger partial charge is 0.255 e. The molecule has 2 amide bonds. The number of carbonyl (C=O) groups is 2. The Kier molecular flexibility index (Phi) is 6.14. The third-order valence-electron chi connectivity index (χ3n) is 5.28. The van der Waals surface area contributed by atoms with Crippen LogP contribution in [-0.2, 0) is 0 Å². The number of nitrogens with two attached hydrogens (primary N) is 1. The summed E-state index contributed by atoms with van der Waals surface area (Å²) in [6, 6.07) is 17.5. The van der Waals surface area contributed by atoms with Crippen molar-refractivity contribution in [1.82, 2.24) is 9.97 Å². The second-order valence-electron chi connectivity index (χ2n) is 7.54. The van der Waals surface area contributed by atoms with E-state index in [-0.39, 0.29) is 17.2 Å². The average Bonchev–Trinajstić information content (AvgIpc) is 2.83. The highest BCUT2D eigenvalue weighted by Crippen LogP contribution is 2.27. The van der Waals surface area contributed by atoms with E-state index in [1.807, 2.05) is 13.0 Å². The van der Waals surface area contributed by atoms with E-state index >= 15 is 0 Å². The molecule has 0 saturated carbocycles. The summed E-state index contributed by atoms with van der Waals surface area (Å²) in [4.78, 5) is 32.8. The van der Waals surface area contributed by atoms with Crippen molar-refractivity contribution in [3.8, 4) is 6.07 Å². The Balaban J connectivity index is 1.55. The fourth-order valence-corrected chi connectivity index (χ4v) is 3.53. The van der Waals surface area contributed by atoms with Gasteiger partial charge in [-0.2, -0.15) is 5.26 Å². The molecule has 0 aliphatic carbocycles. The Morgan fingerprint density at radius 2 is 1.88 bits per heavy atom. The van der Waals surface area contributed by atoms with Crippen LogP contribution in [0.25, 0.3) is 10.9 Å². The van der Waals surface area contributed by atoms with Gasteiger partial charge in [-0.05, 0) is 55.0 Å². The van der Waals surface area contributed by atoms with Crippen molar-refractivity contribution in [2.24, 2.45) is 5.73 Å². The maximum atomic E-state index is 13.9. The Bertz CT molecular complexity index is 1460. The van der Waals surface area contributed by atoms with Crippen molar-refractivity contribution in [3.63, 3.8) is 0 Å². The van der Waals surface area contributed by atoms with Gasteiger partial charge < -0.3 is 16.4 Å². The number of aromatic nitrogens is 2. The molecule has 168 valence electrons. The molecule has 0 aliphatic rings. The Morgan fingerprint density at radius 3 is 2.62 bits per heavy atom. The SMILES string of the molecule is CC(Nc1ncnc2c(C(N)=O)cccc12)c1cccc(NC(=O)c2ccc(C#N)c(F)c2)c1. The van der Waals surface area contributed by atoms with Crippen LogP contribution in [0.15, 0.2) is 67.0 Å². The van der Waals surface area contributed by atoms with E-state index in [9.17, 15) is 14.0 Å². The summed E-state index contributed by atoms with van der Waals surface area (Å²) in [5.41, 5.74) is 7.56. The molecule has 1 aromatic heterocycles. The second kappa shape index (κ2) is 9.34. The largest absolute Gasteiger partial charge is 0.366 e. The molecule has 4 N–H and O–H groups in total. The first-order valence-electron chi connectivity index (χ1n) is 10.3. The monoisotopic (exact) mass is 454 g/mol. The Morgan fingerprint density at radius 1 is 1.09 bits per heavy atom. The number of nitrogens with zero attached hydrogens (tertiary/aromatic N) is 3. The molecular weight excluding hydrogens is 435 g/mol. The predicted molar refractivity (Wildman–Crippen MR) is 126 cm³/mol. The van der Waals surface area contributed by atoms with Gasteiger partial charge in [0, 0.05) is 16.6 Å². The molecule has 1 heterocycles. The Labute approximate surface area is 194 Å². The minimum Gasteiger partial charge on any atom is -0.366 e. The van der Waals surface area contributed by atoms with Crippen molar-refractivity contribution >= 4 is 34.2 Å². The van der Waals surface area contributed by atoms with Crippen molar-refractivity contribution < 1.29 is 14.0 Å². The lowest BCUT2D eigenvalue weighted by Gasteiger charge is -2.17. The van der Waals surface area contributed by atoms with Crippen molar-refractivity contribution in [3.05, 3.63) is 95.1 Å². The summed E-state index contributed by atoms with van der Waals surface area (Å²) in [5, 5.41) is 15.5. The van der Waals surface area contributed by atoms with Crippen molar-refractivity contribution in [2.45, 2.75) is 13.0 Å². The summed E-state index contributed by atoms with van der Waals surface area (Å²) < 4.78 is 13.9. The number of para-hydroxylation sites is 1. The number of fused-ring (bicyclic) bond motifs is 1. The molecule has 0 radical (unpaired) electrons. The zero-order valence-corrected chi connectivity index (χ0v) is 18.0. The van der Waals surface area contributed by atoms with Gasteiger partial charge in [0.2, 0.25) is 0 Å². The molecule has 3 aromatic carbocycles. The van der Waals surface area contributed by atoms with Gasteiger partial charge in [0.15, 0.2) is 0 Å². The number of halogens is 1. The number of nitriles is 1. The summed E-state index contributed by atoms with van der Waals surface area (Å²) >= 11 is 0. The summed E-state index contributed by atoms with van der Waals surface area (Å²) in [6.07, 6.45) is 1.36. The van der Waals surface area contributed by atoms with Gasteiger partial charge in [0.1, 0.15) is 24.0 Å². The van der Waals surface area contributed by atoms with E-state index in [1.54, 1.807) is 42.5 Å². The second-order valence-corrected chi connectivity index (χ2v) is 7.54. The summed E-state index contributed by atoms with van der Waals surface area (Å²) in [7, 11) is 0. The normalized spacial score (nSPS) is 11.4. The average molecular weight is 454 g/mol. The van der Waals surface area contributed by atoms with Gasteiger partial charge in [-0.3, -0.25) is 9.59 Å². The molecule has 0 aliphatic heterocycles. The lowest BCUT2D eigenvalue weighted by Crippen LogP contribution is -2.14. The molecule has 34 heavy (non-hydrogen) atoms. The van der Waals surface area contributed by atoms with Crippen LogP contribution < -0.4 is 16.4 Å². The van der Waals surface area contributed by atoms with Crippen LogP contribution in [-0.4, -0.2) is 21.8 Å². The number of hydrogen-bond donors (Lipinski definition) is 3. The number of benzene rings is 3. The van der Waals surface area contributed by atoms with Crippen LogP contribution in [0.2, 0.25) is 0 Å². The van der Waals surface area contributed by atoms with Crippen LogP contribution in [0, 0.1) is 17.1 Å². The third-order valence-corrected chi connectivity index (χ3v) is 5.28. The zero-order chi connectivity index (χ0) is 24.2. The minimum absolute atomic E-state index is 0.103. The molecule has 4 rings (SSSR count). The number of carbonyl (C=O) groups excluding carboxylic acids is 2. The molecule has 4 aromatic rings. The minimum atomic E-state index is -0.752. The van der Waals surface area contributed by atoms with Crippen LogP contribution >= 0.6 is 0 Å². The van der Waals surface area contributed by atoms with Crippen LogP contribution in [0.5, 0.6) is 0 Å². The van der Waals surface area contributed by atoms with E-state index < -0.39 is 17.6 Å². The van der Waals surface area contributed by atoms with Crippen molar-refractivity contribution in [2.75, 3.05) is 10.6 Å². The fourth-order valence-electron chi connectivity index (χ4n) is 3.53. The molecule has 1 unspecified atom stereocenters. The van der Waals surface area contributed by atoms with Gasteiger partial charge in [-0.15, -0.1) is 0 Å². The van der Waals surface area contributed by atoms with E-state index in [0.717, 1.165) is 11.6 Å². The molecular formula is C25H19FN6O2. The van der Waals surface area contributed by atoms with Gasteiger partial charge in [0.25, 0.3) is 11.8 Å². The van der Waals surface area contributed by atoms with Crippen LogP contribution in [0.1, 0.15) is 44.8 Å². The fraction of sp³-hybridized carbons (Fsp3) is 0.0800. The molecule has 1 atom stereocenters. The van der Waals surface area contributed by atoms with Crippen molar-refractivity contribution in [1.29, 1.82) is 5.26 Å². The maximum absolute atomic E-state index is 13.9. The third kappa shape index (κ3) is 4.52. The number of amides is 2. The highest BCUT2D eigenvalue weighted by atomic mass is 19.1. The first-order valence-corrected chi connectivity index (χ1v) is 10.3. The van der Waals surface area contributed by atoms with Gasteiger partial charge >= 0.3 is 0 Å². The molecule has 8 nitrogen and oxygen atoms in total. The quantitative estimate of drug-likeness (QED) is 0.400. The number of rotatable bonds is 6. The van der Waals surface area contributed by atoms with Gasteiger partial charge in [0.05, 0.1) is 22.7 Å². The predicted octanol–water partition coefficient (Wildman–Crippen LogP) is 4.16. The topological polar surface area (TPSA) is 134 Å². The van der Waals surface area contributed by atoms with E-state index in [1.165, 1.54) is 18.5 Å². The van der Waals surface area contributed by atoms with E-state index in [4.69, 9.17) is 11.0 Å². The molecule has 0 fully saturated rings. The number of primary amides is 1. The molecule has 0 saturated heterocycles. The highest BCUT2D eigenvalue weighted by molar-refractivity contribution is 6.07. The van der Waals surface area contributed by atoms with E-state index in [2.05, 4.69) is 20.6 Å². The summed E-state index contributed by atoms with van der Waals surface area (Å²) in [6.45, 7) is 1.92. The highest BCUT2D eigenvalue weighted by Gasteiger charge is 2.15. The first-order chi connectivity index (χ1) is 16.4. The lowest BCUT2D eigenvalue weighted by molar-refractivity contribution is 0.0998. The molecule has 0 bridgehead atoms. The van der Waals surface area contributed by atoms with Crippen LogP contribution in [0.4, 0.5) is 15.9 Å². The maximum Gasteiger partial charge on any atom is 0.255 e. The van der Waals surface area contributed by atoms with Gasteiger partial charge in [-0.1, -0.05) is 18.2 Å². The summed E-state index contributed by atoms with van der Waals surface area (Å²) in [5.74, 6) is -1.29. The lowest BCUT2D eigenvalue weighted by atomic mass is 10.1. The standard InChI is InChI=1S/C25H19FN6O2/c1-14(31-24-20-7-3-6-19(23(28)33)22(20)29-13-30-24)15-4-2-5-18(10-15)32-25(34)16-8-9-17(12-27)21(26)11-16/h2-11,13-14H,1H3,(H2,28,33)(H,32,34)(H,29,30,31). The van der Waals surface area contributed by atoms with E-state index in [0.29, 0.717) is 28.0 Å². The number of nitrogens with one attached hydrogen (secondary N) is 2. The Hall–Kier alpha value is -4.84. The first kappa shape index (κ1) is 22.4. The zero-order valence-electron chi connectivity index (χ0n) is 18.0.